The number of anilines is 1. The number of amides is 1. The van der Waals surface area contributed by atoms with E-state index in [0.717, 1.165) is 34.8 Å². The maximum Gasteiger partial charge on any atom is 0.409 e. The molecule has 1 fully saturated rings. The molecule has 0 spiro atoms. The molecule has 1 saturated carbocycles. The molecule has 10 heteroatoms. The van der Waals surface area contributed by atoms with Crippen LogP contribution in [0.15, 0.2) is 36.7 Å². The van der Waals surface area contributed by atoms with Crippen molar-refractivity contribution in [3.05, 3.63) is 42.5 Å². The van der Waals surface area contributed by atoms with Gasteiger partial charge in [0.2, 0.25) is 0 Å². The summed E-state index contributed by atoms with van der Waals surface area (Å²) in [5, 5.41) is 0.737. The maximum absolute atomic E-state index is 12.4. The highest BCUT2D eigenvalue weighted by molar-refractivity contribution is 7.21. The Balaban J connectivity index is 1.69. The highest BCUT2D eigenvalue weighted by Gasteiger charge is 2.39. The summed E-state index contributed by atoms with van der Waals surface area (Å²) in [6, 6.07) is 9.93. The van der Waals surface area contributed by atoms with E-state index in [1.807, 2.05) is 41.9 Å². The molecule has 0 bridgehead atoms. The molecule has 2 N–H and O–H groups in total. The van der Waals surface area contributed by atoms with E-state index in [-0.39, 0.29) is 12.0 Å². The lowest BCUT2D eigenvalue weighted by atomic mass is 10.1. The highest BCUT2D eigenvalue weighted by Crippen LogP contribution is 2.46. The topological polar surface area (TPSA) is 112 Å². The molecule has 164 valence electrons. The number of benzene rings is 1. The molecule has 1 aliphatic rings. The quantitative estimate of drug-likeness (QED) is 0.492. The van der Waals surface area contributed by atoms with Crippen LogP contribution in [0.4, 0.5) is 10.6 Å². The molecule has 1 aromatic carbocycles. The molecular weight excluding hydrogens is 426 g/mol. The third-order valence-electron chi connectivity index (χ3n) is 5.50. The van der Waals surface area contributed by atoms with Crippen LogP contribution in [0, 0.1) is 5.92 Å². The van der Waals surface area contributed by atoms with Crippen molar-refractivity contribution in [2.45, 2.75) is 18.9 Å². The number of nitrogens with zero attached hydrogens (tertiary/aromatic N) is 6. The molecule has 5 rings (SSSR count). The third kappa shape index (κ3) is 3.56. The molecule has 32 heavy (non-hydrogen) atoms. The zero-order valence-corrected chi connectivity index (χ0v) is 18.8. The van der Waals surface area contributed by atoms with Gasteiger partial charge in [-0.1, -0.05) is 41.7 Å². The number of imidazole rings is 1. The van der Waals surface area contributed by atoms with Gasteiger partial charge in [0, 0.05) is 32.6 Å². The lowest BCUT2D eigenvalue weighted by molar-refractivity contribution is 0.0577. The Bertz CT molecular complexity index is 1290. The number of thiazole rings is 1. The van der Waals surface area contributed by atoms with Crippen LogP contribution in [-0.2, 0) is 11.8 Å². The summed E-state index contributed by atoms with van der Waals surface area (Å²) in [7, 11) is 5.29. The van der Waals surface area contributed by atoms with Crippen molar-refractivity contribution in [2.75, 3.05) is 19.8 Å². The van der Waals surface area contributed by atoms with Gasteiger partial charge < -0.3 is 19.9 Å². The number of nitrogen functional groups attached to an aromatic ring is 1. The Labute approximate surface area is 188 Å². The predicted molar refractivity (Wildman–Crippen MR) is 123 cm³/mol. The molecule has 0 saturated heterocycles. The van der Waals surface area contributed by atoms with Crippen LogP contribution >= 0.6 is 11.3 Å². The van der Waals surface area contributed by atoms with E-state index in [1.165, 1.54) is 22.6 Å². The van der Waals surface area contributed by atoms with Crippen molar-refractivity contribution in [2.24, 2.45) is 13.0 Å². The molecule has 1 amide bonds. The standard InChI is InChI=1S/C22H23N7O2S/c1-28(2)22(30)31-17(13-9-10-13)19-26-14(12-7-5-4-6-8-12)16(29(19)3)21-27-15-18(23)24-11-25-20(15)32-21/h4-8,11,13,17H,9-10H2,1-3H3,(H2,23,24,25). The maximum atomic E-state index is 12.4. The zero-order chi connectivity index (χ0) is 22.4. The number of aromatic nitrogens is 5. The molecular formula is C22H23N7O2S. The molecule has 1 unspecified atom stereocenters. The minimum Gasteiger partial charge on any atom is -0.438 e. The van der Waals surface area contributed by atoms with Gasteiger partial charge in [-0.05, 0) is 12.8 Å². The van der Waals surface area contributed by atoms with Crippen molar-refractivity contribution in [1.29, 1.82) is 0 Å². The normalized spacial score (nSPS) is 14.5. The fraction of sp³-hybridized carbons (Fsp3) is 0.318. The molecule has 1 aliphatic carbocycles. The summed E-state index contributed by atoms with van der Waals surface area (Å²) in [4.78, 5) is 32.6. The second-order valence-corrected chi connectivity index (χ2v) is 9.04. The Morgan fingerprint density at radius 1 is 1.22 bits per heavy atom. The second-order valence-electron chi connectivity index (χ2n) is 8.06. The lowest BCUT2D eigenvalue weighted by Gasteiger charge is -2.20. The first-order chi connectivity index (χ1) is 15.4. The molecule has 0 aliphatic heterocycles. The monoisotopic (exact) mass is 449 g/mol. The van der Waals surface area contributed by atoms with E-state index in [4.69, 9.17) is 20.4 Å². The average Bonchev–Trinajstić information content (AvgIpc) is 3.44. The Hall–Kier alpha value is -3.53. The van der Waals surface area contributed by atoms with Crippen molar-refractivity contribution in [3.8, 4) is 22.0 Å². The molecule has 1 atom stereocenters. The van der Waals surface area contributed by atoms with Gasteiger partial charge >= 0.3 is 6.09 Å². The SMILES string of the molecule is CN(C)C(=O)OC(c1nc(-c2ccccc2)c(-c2nc3c(N)ncnc3s2)n1C)C1CC1. The van der Waals surface area contributed by atoms with Gasteiger partial charge in [0.1, 0.15) is 27.4 Å². The van der Waals surface area contributed by atoms with Crippen LogP contribution in [0.1, 0.15) is 24.8 Å². The van der Waals surface area contributed by atoms with Gasteiger partial charge in [0.05, 0.1) is 5.69 Å². The van der Waals surface area contributed by atoms with Crippen molar-refractivity contribution < 1.29 is 9.53 Å². The van der Waals surface area contributed by atoms with Crippen LogP contribution in [0.25, 0.3) is 32.3 Å². The Morgan fingerprint density at radius 2 is 1.97 bits per heavy atom. The number of ether oxygens (including phenoxy) is 1. The number of fused-ring (bicyclic) bond motifs is 1. The third-order valence-corrected chi connectivity index (χ3v) is 6.47. The van der Waals surface area contributed by atoms with Crippen molar-refractivity contribution in [3.63, 3.8) is 0 Å². The van der Waals surface area contributed by atoms with E-state index in [9.17, 15) is 4.79 Å². The first-order valence-corrected chi connectivity index (χ1v) is 11.1. The molecule has 0 radical (unpaired) electrons. The van der Waals surface area contributed by atoms with E-state index in [2.05, 4.69) is 9.97 Å². The molecule has 4 aromatic rings. The average molecular weight is 450 g/mol. The Morgan fingerprint density at radius 3 is 2.62 bits per heavy atom. The van der Waals surface area contributed by atoms with Crippen LogP contribution < -0.4 is 5.73 Å². The predicted octanol–water partition coefficient (Wildman–Crippen LogP) is 3.89. The van der Waals surface area contributed by atoms with Crippen LogP contribution in [0.2, 0.25) is 0 Å². The van der Waals surface area contributed by atoms with Crippen molar-refractivity contribution >= 4 is 33.6 Å². The van der Waals surface area contributed by atoms with E-state index in [0.29, 0.717) is 22.0 Å². The minimum absolute atomic E-state index is 0.258. The lowest BCUT2D eigenvalue weighted by Crippen LogP contribution is -2.26. The number of carbonyl (C=O) groups is 1. The molecule has 9 nitrogen and oxygen atoms in total. The van der Waals surface area contributed by atoms with Gasteiger partial charge in [0.15, 0.2) is 17.7 Å². The van der Waals surface area contributed by atoms with Crippen LogP contribution in [-0.4, -0.2) is 49.6 Å². The van der Waals surface area contributed by atoms with Gasteiger partial charge in [-0.3, -0.25) is 0 Å². The van der Waals surface area contributed by atoms with Crippen LogP contribution in [0.3, 0.4) is 0 Å². The number of hydrogen-bond acceptors (Lipinski definition) is 8. The number of carbonyl (C=O) groups excluding carboxylic acids is 1. The number of nitrogens with two attached hydrogens (primary N) is 1. The first-order valence-electron chi connectivity index (χ1n) is 10.3. The summed E-state index contributed by atoms with van der Waals surface area (Å²) in [5.74, 6) is 1.31. The van der Waals surface area contributed by atoms with E-state index < -0.39 is 6.10 Å². The fourth-order valence-electron chi connectivity index (χ4n) is 3.66. The highest BCUT2D eigenvalue weighted by atomic mass is 32.1. The van der Waals surface area contributed by atoms with Gasteiger partial charge in [-0.25, -0.2) is 24.7 Å². The minimum atomic E-state index is -0.426. The van der Waals surface area contributed by atoms with Crippen LogP contribution in [0.5, 0.6) is 0 Å². The summed E-state index contributed by atoms with van der Waals surface area (Å²) in [6.45, 7) is 0. The number of rotatable bonds is 5. The van der Waals surface area contributed by atoms with Crippen molar-refractivity contribution in [1.82, 2.24) is 29.4 Å². The van der Waals surface area contributed by atoms with Gasteiger partial charge in [-0.2, -0.15) is 0 Å². The molecule has 3 heterocycles. The smallest absolute Gasteiger partial charge is 0.409 e. The fourth-order valence-corrected chi connectivity index (χ4v) is 4.65. The number of hydrogen-bond donors (Lipinski definition) is 1. The zero-order valence-electron chi connectivity index (χ0n) is 18.0. The summed E-state index contributed by atoms with van der Waals surface area (Å²) < 4.78 is 7.85. The second kappa shape index (κ2) is 7.86. The summed E-state index contributed by atoms with van der Waals surface area (Å²) in [5.41, 5.74) is 9.17. The molecule has 3 aromatic heterocycles. The van der Waals surface area contributed by atoms with Gasteiger partial charge in [0.25, 0.3) is 0 Å². The largest absolute Gasteiger partial charge is 0.438 e. The van der Waals surface area contributed by atoms with E-state index >= 15 is 0 Å². The summed E-state index contributed by atoms with van der Waals surface area (Å²) in [6.07, 6.45) is 2.64. The van der Waals surface area contributed by atoms with E-state index in [1.54, 1.807) is 14.1 Å². The Kier molecular flexibility index (Phi) is 5.01. The summed E-state index contributed by atoms with van der Waals surface area (Å²) >= 11 is 1.44. The first kappa shape index (κ1) is 20.4. The van der Waals surface area contributed by atoms with Gasteiger partial charge in [-0.15, -0.1) is 0 Å².